The first-order chi connectivity index (χ1) is 11.3. The van der Waals surface area contributed by atoms with Crippen LogP contribution >= 0.6 is 0 Å². The van der Waals surface area contributed by atoms with E-state index >= 15 is 0 Å². The fraction of sp³-hybridized carbons (Fsp3) is 0.474. The van der Waals surface area contributed by atoms with Gasteiger partial charge in [-0.15, -0.1) is 0 Å². The van der Waals surface area contributed by atoms with Gasteiger partial charge in [-0.25, -0.2) is 9.97 Å². The minimum absolute atomic E-state index is 0.842. The molecule has 4 heteroatoms. The van der Waals surface area contributed by atoms with Crippen LogP contribution in [0.15, 0.2) is 36.4 Å². The molecule has 1 aromatic heterocycles. The molecular formula is C19H26N4. The highest BCUT2D eigenvalue weighted by Crippen LogP contribution is 2.20. The van der Waals surface area contributed by atoms with Crippen molar-refractivity contribution in [3.63, 3.8) is 0 Å². The zero-order valence-electron chi connectivity index (χ0n) is 14.0. The molecule has 0 spiro atoms. The quantitative estimate of drug-likeness (QED) is 0.911. The molecule has 0 atom stereocenters. The molecular weight excluding hydrogens is 284 g/mol. The molecule has 0 unspecified atom stereocenters. The molecule has 3 rings (SSSR count). The Morgan fingerprint density at radius 2 is 1.74 bits per heavy atom. The summed E-state index contributed by atoms with van der Waals surface area (Å²) in [6, 6.07) is 12.6. The molecule has 1 aliphatic rings. The second-order valence-electron chi connectivity index (χ2n) is 6.22. The number of hydrogen-bond acceptors (Lipinski definition) is 4. The first kappa shape index (κ1) is 15.8. The number of benzene rings is 1. The van der Waals surface area contributed by atoms with Crippen LogP contribution in [0.3, 0.4) is 0 Å². The smallest absolute Gasteiger partial charge is 0.134 e. The monoisotopic (exact) mass is 310 g/mol. The number of aryl methyl sites for hydroxylation is 1. The average Bonchev–Trinajstić information content (AvgIpc) is 2.85. The maximum absolute atomic E-state index is 4.64. The molecule has 1 aromatic carbocycles. The fourth-order valence-corrected chi connectivity index (χ4v) is 3.08. The van der Waals surface area contributed by atoms with Crippen LogP contribution < -0.4 is 10.2 Å². The Morgan fingerprint density at radius 3 is 2.48 bits per heavy atom. The second kappa shape index (κ2) is 7.95. The average molecular weight is 310 g/mol. The lowest BCUT2D eigenvalue weighted by molar-refractivity contribution is 0.726. The summed E-state index contributed by atoms with van der Waals surface area (Å²) < 4.78 is 0. The maximum atomic E-state index is 4.64. The van der Waals surface area contributed by atoms with E-state index in [1.807, 2.05) is 6.92 Å². The van der Waals surface area contributed by atoms with Gasteiger partial charge in [0.25, 0.3) is 0 Å². The lowest BCUT2D eigenvalue weighted by atomic mass is 10.1. The highest BCUT2D eigenvalue weighted by atomic mass is 15.2. The molecule has 0 aliphatic carbocycles. The molecule has 4 nitrogen and oxygen atoms in total. The lowest BCUT2D eigenvalue weighted by Crippen LogP contribution is -2.25. The van der Waals surface area contributed by atoms with Crippen molar-refractivity contribution in [1.29, 1.82) is 0 Å². The Balaban J connectivity index is 1.63. The number of rotatable bonds is 5. The topological polar surface area (TPSA) is 41.1 Å². The van der Waals surface area contributed by atoms with Crippen molar-refractivity contribution in [2.45, 2.75) is 39.0 Å². The van der Waals surface area contributed by atoms with Crippen LogP contribution in [0.1, 0.15) is 37.1 Å². The summed E-state index contributed by atoms with van der Waals surface area (Å²) in [5.41, 5.74) is 1.35. The summed E-state index contributed by atoms with van der Waals surface area (Å²) >= 11 is 0. The van der Waals surface area contributed by atoms with Gasteiger partial charge in [0, 0.05) is 25.7 Å². The van der Waals surface area contributed by atoms with Crippen LogP contribution in [-0.2, 0) is 6.42 Å². The number of anilines is 2. The first-order valence-electron chi connectivity index (χ1n) is 8.70. The SMILES string of the molecule is Cc1nc(NCCc2ccccc2)cc(N2CCCCCC2)n1. The van der Waals surface area contributed by atoms with Gasteiger partial charge in [0.1, 0.15) is 17.5 Å². The van der Waals surface area contributed by atoms with Crippen molar-refractivity contribution in [2.24, 2.45) is 0 Å². The number of aromatic nitrogens is 2. The molecule has 23 heavy (non-hydrogen) atoms. The van der Waals surface area contributed by atoms with E-state index in [1.54, 1.807) is 0 Å². The third-order valence-electron chi connectivity index (χ3n) is 4.32. The molecule has 2 aromatic rings. The van der Waals surface area contributed by atoms with Gasteiger partial charge in [-0.05, 0) is 31.7 Å². The van der Waals surface area contributed by atoms with E-state index in [9.17, 15) is 0 Å². The third-order valence-corrected chi connectivity index (χ3v) is 4.32. The summed E-state index contributed by atoms with van der Waals surface area (Å²) in [6.07, 6.45) is 6.20. The lowest BCUT2D eigenvalue weighted by Gasteiger charge is -2.22. The molecule has 0 saturated carbocycles. The van der Waals surface area contributed by atoms with Crippen molar-refractivity contribution in [3.05, 3.63) is 47.8 Å². The summed E-state index contributed by atoms with van der Waals surface area (Å²) in [5.74, 6) is 2.85. The van der Waals surface area contributed by atoms with E-state index in [-0.39, 0.29) is 0 Å². The maximum Gasteiger partial charge on any atom is 0.134 e. The Bertz CT molecular complexity index is 604. The minimum Gasteiger partial charge on any atom is -0.370 e. The molecule has 0 radical (unpaired) electrons. The molecule has 1 saturated heterocycles. The van der Waals surface area contributed by atoms with E-state index in [4.69, 9.17) is 0 Å². The number of hydrogen-bond donors (Lipinski definition) is 1. The highest BCUT2D eigenvalue weighted by Gasteiger charge is 2.12. The van der Waals surface area contributed by atoms with Gasteiger partial charge in [0.15, 0.2) is 0 Å². The Hall–Kier alpha value is -2.10. The van der Waals surface area contributed by atoms with E-state index in [2.05, 4.69) is 56.6 Å². The highest BCUT2D eigenvalue weighted by molar-refractivity contribution is 5.49. The molecule has 1 N–H and O–H groups in total. The zero-order chi connectivity index (χ0) is 15.9. The van der Waals surface area contributed by atoms with Gasteiger partial charge in [0.05, 0.1) is 0 Å². The van der Waals surface area contributed by atoms with Gasteiger partial charge in [-0.2, -0.15) is 0 Å². The van der Waals surface area contributed by atoms with Crippen LogP contribution in [-0.4, -0.2) is 29.6 Å². The van der Waals surface area contributed by atoms with Crippen molar-refractivity contribution < 1.29 is 0 Å². The van der Waals surface area contributed by atoms with Crippen LogP contribution in [0.4, 0.5) is 11.6 Å². The van der Waals surface area contributed by atoms with Gasteiger partial charge in [0.2, 0.25) is 0 Å². The first-order valence-corrected chi connectivity index (χ1v) is 8.70. The normalized spacial score (nSPS) is 15.3. The summed E-state index contributed by atoms with van der Waals surface area (Å²) in [6.45, 7) is 5.09. The summed E-state index contributed by atoms with van der Waals surface area (Å²) in [7, 11) is 0. The standard InChI is InChI=1S/C19H26N4/c1-16-21-18(20-12-11-17-9-5-4-6-10-17)15-19(22-16)23-13-7-2-3-8-14-23/h4-6,9-10,15H,2-3,7-8,11-14H2,1H3,(H,20,21,22). The Kier molecular flexibility index (Phi) is 5.46. The minimum atomic E-state index is 0.842. The van der Waals surface area contributed by atoms with Crippen LogP contribution in [0, 0.1) is 6.92 Å². The molecule has 122 valence electrons. The second-order valence-corrected chi connectivity index (χ2v) is 6.22. The van der Waals surface area contributed by atoms with E-state index in [0.29, 0.717) is 0 Å². The van der Waals surface area contributed by atoms with E-state index in [0.717, 1.165) is 43.5 Å². The van der Waals surface area contributed by atoms with Gasteiger partial charge in [-0.3, -0.25) is 0 Å². The molecule has 0 bridgehead atoms. The largest absolute Gasteiger partial charge is 0.370 e. The van der Waals surface area contributed by atoms with E-state index in [1.165, 1.54) is 31.2 Å². The van der Waals surface area contributed by atoms with Gasteiger partial charge in [-0.1, -0.05) is 43.2 Å². The van der Waals surface area contributed by atoms with Crippen LogP contribution in [0.25, 0.3) is 0 Å². The molecule has 0 amide bonds. The van der Waals surface area contributed by atoms with Crippen molar-refractivity contribution in [3.8, 4) is 0 Å². The molecule has 2 heterocycles. The Labute approximate surface area is 139 Å². The summed E-state index contributed by atoms with van der Waals surface area (Å²) in [4.78, 5) is 11.6. The predicted molar refractivity (Wildman–Crippen MR) is 96.1 cm³/mol. The molecule has 1 fully saturated rings. The number of nitrogens with zero attached hydrogens (tertiary/aromatic N) is 3. The van der Waals surface area contributed by atoms with E-state index < -0.39 is 0 Å². The van der Waals surface area contributed by atoms with Crippen molar-refractivity contribution in [2.75, 3.05) is 29.9 Å². The zero-order valence-corrected chi connectivity index (χ0v) is 14.0. The van der Waals surface area contributed by atoms with Gasteiger partial charge >= 0.3 is 0 Å². The predicted octanol–water partition coefficient (Wildman–Crippen LogP) is 3.82. The van der Waals surface area contributed by atoms with Crippen molar-refractivity contribution >= 4 is 11.6 Å². The fourth-order valence-electron chi connectivity index (χ4n) is 3.08. The van der Waals surface area contributed by atoms with Crippen molar-refractivity contribution in [1.82, 2.24) is 9.97 Å². The van der Waals surface area contributed by atoms with Crippen LogP contribution in [0.5, 0.6) is 0 Å². The van der Waals surface area contributed by atoms with Gasteiger partial charge < -0.3 is 10.2 Å². The van der Waals surface area contributed by atoms with Crippen LogP contribution in [0.2, 0.25) is 0 Å². The summed E-state index contributed by atoms with van der Waals surface area (Å²) in [5, 5.41) is 3.45. The Morgan fingerprint density at radius 1 is 1.00 bits per heavy atom. The molecule has 1 aliphatic heterocycles. The third kappa shape index (κ3) is 4.68. The number of nitrogens with one attached hydrogen (secondary N) is 1.